The molecular formula is C18H24N2O. The fourth-order valence-electron chi connectivity index (χ4n) is 2.12. The molecule has 0 aliphatic heterocycles. The average Bonchev–Trinajstić information content (AvgIpc) is 2.48. The summed E-state index contributed by atoms with van der Waals surface area (Å²) in [5, 5.41) is 3.34. The summed E-state index contributed by atoms with van der Waals surface area (Å²) >= 11 is 0. The van der Waals surface area contributed by atoms with Crippen LogP contribution in [0.4, 0.5) is 0 Å². The Bertz CT molecular complexity index is 608. The zero-order chi connectivity index (χ0) is 15.2. The smallest absolute Gasteiger partial charge is 0.219 e. The van der Waals surface area contributed by atoms with Gasteiger partial charge in [0.15, 0.2) is 0 Å². The minimum absolute atomic E-state index is 0.672. The predicted molar refractivity (Wildman–Crippen MR) is 87.0 cm³/mol. The third kappa shape index (κ3) is 4.30. The molecule has 3 heteroatoms. The van der Waals surface area contributed by atoms with E-state index in [4.69, 9.17) is 4.74 Å². The normalized spacial score (nSPS) is 10.7. The molecule has 0 atom stereocenters. The molecule has 0 aliphatic carbocycles. The van der Waals surface area contributed by atoms with E-state index >= 15 is 0 Å². The summed E-state index contributed by atoms with van der Waals surface area (Å²) in [6.45, 7) is 10.2. The van der Waals surface area contributed by atoms with Crippen LogP contribution in [0.5, 0.6) is 11.6 Å². The molecule has 2 aromatic rings. The molecular weight excluding hydrogens is 260 g/mol. The number of nitrogens with one attached hydrogen (secondary N) is 1. The van der Waals surface area contributed by atoms with Crippen molar-refractivity contribution in [1.82, 2.24) is 10.3 Å². The van der Waals surface area contributed by atoms with Crippen LogP contribution in [-0.2, 0) is 13.0 Å². The number of pyridine rings is 1. The van der Waals surface area contributed by atoms with Gasteiger partial charge in [-0.2, -0.15) is 0 Å². The van der Waals surface area contributed by atoms with Crippen molar-refractivity contribution in [2.45, 2.75) is 40.7 Å². The van der Waals surface area contributed by atoms with Gasteiger partial charge in [0.2, 0.25) is 5.88 Å². The van der Waals surface area contributed by atoms with E-state index in [1.54, 1.807) is 0 Å². The van der Waals surface area contributed by atoms with Crippen molar-refractivity contribution in [3.63, 3.8) is 0 Å². The molecule has 0 radical (unpaired) electrons. The first-order valence-electron chi connectivity index (χ1n) is 7.58. The van der Waals surface area contributed by atoms with Gasteiger partial charge in [-0.3, -0.25) is 0 Å². The van der Waals surface area contributed by atoms with Gasteiger partial charge < -0.3 is 10.1 Å². The minimum atomic E-state index is 0.672. The van der Waals surface area contributed by atoms with Gasteiger partial charge in [0, 0.05) is 18.3 Å². The summed E-state index contributed by atoms with van der Waals surface area (Å²) in [7, 11) is 0. The van der Waals surface area contributed by atoms with E-state index in [1.807, 2.05) is 12.1 Å². The largest absolute Gasteiger partial charge is 0.439 e. The van der Waals surface area contributed by atoms with E-state index in [9.17, 15) is 0 Å². The molecule has 0 saturated carbocycles. The van der Waals surface area contributed by atoms with Crippen molar-refractivity contribution < 1.29 is 4.74 Å². The number of hydrogen-bond donors (Lipinski definition) is 1. The molecule has 0 bridgehead atoms. The van der Waals surface area contributed by atoms with E-state index in [1.165, 1.54) is 16.7 Å². The maximum Gasteiger partial charge on any atom is 0.219 e. The predicted octanol–water partition coefficient (Wildman–Crippen LogP) is 4.16. The third-order valence-corrected chi connectivity index (χ3v) is 3.56. The molecule has 1 heterocycles. The van der Waals surface area contributed by atoms with Gasteiger partial charge in [-0.25, -0.2) is 4.98 Å². The van der Waals surface area contributed by atoms with Crippen molar-refractivity contribution in [1.29, 1.82) is 0 Å². The molecule has 3 nitrogen and oxygen atoms in total. The van der Waals surface area contributed by atoms with Crippen LogP contribution in [0.1, 0.15) is 36.2 Å². The Balaban J connectivity index is 2.23. The van der Waals surface area contributed by atoms with Crippen LogP contribution in [0.15, 0.2) is 30.3 Å². The first-order chi connectivity index (χ1) is 10.1. The lowest BCUT2D eigenvalue weighted by atomic mass is 10.1. The monoisotopic (exact) mass is 284 g/mol. The highest BCUT2D eigenvalue weighted by atomic mass is 16.5. The Labute approximate surface area is 127 Å². The third-order valence-electron chi connectivity index (χ3n) is 3.56. The molecule has 21 heavy (non-hydrogen) atoms. The van der Waals surface area contributed by atoms with Crippen LogP contribution in [0.3, 0.4) is 0 Å². The number of rotatable bonds is 6. The lowest BCUT2D eigenvalue weighted by Gasteiger charge is -2.11. The van der Waals surface area contributed by atoms with Crippen LogP contribution in [0.2, 0.25) is 0 Å². The molecule has 1 aromatic carbocycles. The highest BCUT2D eigenvalue weighted by molar-refractivity contribution is 5.36. The van der Waals surface area contributed by atoms with Gasteiger partial charge in [0.25, 0.3) is 0 Å². The van der Waals surface area contributed by atoms with E-state index in [0.29, 0.717) is 5.88 Å². The lowest BCUT2D eigenvalue weighted by Crippen LogP contribution is -2.12. The van der Waals surface area contributed by atoms with E-state index in [-0.39, 0.29) is 0 Å². The molecule has 0 amide bonds. The SMILES string of the molecule is CCNCc1cc(CC)nc(Oc2ccc(C)c(C)c2)c1. The second kappa shape index (κ2) is 7.23. The van der Waals surface area contributed by atoms with Crippen LogP contribution in [0, 0.1) is 13.8 Å². The van der Waals surface area contributed by atoms with Crippen molar-refractivity contribution in [3.05, 3.63) is 52.7 Å². The van der Waals surface area contributed by atoms with Crippen LogP contribution in [0.25, 0.3) is 0 Å². The maximum absolute atomic E-state index is 5.94. The molecule has 1 aromatic heterocycles. The van der Waals surface area contributed by atoms with E-state index in [2.05, 4.69) is 56.2 Å². The van der Waals surface area contributed by atoms with Gasteiger partial charge in [0.1, 0.15) is 5.75 Å². The van der Waals surface area contributed by atoms with Gasteiger partial charge in [-0.15, -0.1) is 0 Å². The summed E-state index contributed by atoms with van der Waals surface area (Å²) in [5.74, 6) is 1.51. The first-order valence-corrected chi connectivity index (χ1v) is 7.58. The van der Waals surface area contributed by atoms with Crippen LogP contribution < -0.4 is 10.1 Å². The Morgan fingerprint density at radius 3 is 2.52 bits per heavy atom. The van der Waals surface area contributed by atoms with Crippen LogP contribution >= 0.6 is 0 Å². The maximum atomic E-state index is 5.94. The Morgan fingerprint density at radius 2 is 1.86 bits per heavy atom. The Hall–Kier alpha value is -1.87. The number of aromatic nitrogens is 1. The zero-order valence-corrected chi connectivity index (χ0v) is 13.4. The number of ether oxygens (including phenoxy) is 1. The van der Waals surface area contributed by atoms with E-state index in [0.717, 1.165) is 31.0 Å². The van der Waals surface area contributed by atoms with E-state index < -0.39 is 0 Å². The number of benzene rings is 1. The molecule has 1 N–H and O–H groups in total. The van der Waals surface area contributed by atoms with Crippen molar-refractivity contribution in [2.75, 3.05) is 6.54 Å². The highest BCUT2D eigenvalue weighted by Crippen LogP contribution is 2.23. The average molecular weight is 284 g/mol. The summed E-state index contributed by atoms with van der Waals surface area (Å²) < 4.78 is 5.94. The molecule has 0 saturated heterocycles. The summed E-state index contributed by atoms with van der Waals surface area (Å²) in [6, 6.07) is 10.3. The molecule has 0 spiro atoms. The van der Waals surface area contributed by atoms with Crippen molar-refractivity contribution in [3.8, 4) is 11.6 Å². The molecule has 0 aliphatic rings. The number of aryl methyl sites for hydroxylation is 3. The first kappa shape index (κ1) is 15.5. The van der Waals surface area contributed by atoms with Gasteiger partial charge in [-0.1, -0.05) is 19.9 Å². The summed E-state index contributed by atoms with van der Waals surface area (Å²) in [6.07, 6.45) is 0.906. The summed E-state index contributed by atoms with van der Waals surface area (Å²) in [5.41, 5.74) is 4.77. The van der Waals surface area contributed by atoms with Crippen LogP contribution in [-0.4, -0.2) is 11.5 Å². The molecule has 0 fully saturated rings. The topological polar surface area (TPSA) is 34.2 Å². The fraction of sp³-hybridized carbons (Fsp3) is 0.389. The second-order valence-electron chi connectivity index (χ2n) is 5.29. The Morgan fingerprint density at radius 1 is 1.05 bits per heavy atom. The fourth-order valence-corrected chi connectivity index (χ4v) is 2.12. The minimum Gasteiger partial charge on any atom is -0.439 e. The quantitative estimate of drug-likeness (QED) is 0.864. The molecule has 2 rings (SSSR count). The molecule has 112 valence electrons. The summed E-state index contributed by atoms with van der Waals surface area (Å²) in [4.78, 5) is 4.56. The van der Waals surface area contributed by atoms with Crippen molar-refractivity contribution >= 4 is 0 Å². The van der Waals surface area contributed by atoms with Gasteiger partial charge in [0.05, 0.1) is 0 Å². The standard InChI is InChI=1S/C18H24N2O/c1-5-16-10-15(12-19-6-2)11-18(20-16)21-17-8-7-13(3)14(4)9-17/h7-11,19H,5-6,12H2,1-4H3. The van der Waals surface area contributed by atoms with Crippen molar-refractivity contribution in [2.24, 2.45) is 0 Å². The number of hydrogen-bond acceptors (Lipinski definition) is 3. The lowest BCUT2D eigenvalue weighted by molar-refractivity contribution is 0.459. The number of nitrogens with zero attached hydrogens (tertiary/aromatic N) is 1. The highest BCUT2D eigenvalue weighted by Gasteiger charge is 2.05. The Kier molecular flexibility index (Phi) is 5.34. The van der Waals surface area contributed by atoms with Gasteiger partial charge in [-0.05, 0) is 61.7 Å². The molecule has 0 unspecified atom stereocenters. The zero-order valence-electron chi connectivity index (χ0n) is 13.4. The van der Waals surface area contributed by atoms with Gasteiger partial charge >= 0.3 is 0 Å². The second-order valence-corrected chi connectivity index (χ2v) is 5.29.